The minimum Gasteiger partial charge on any atom is -0.447 e. The predicted molar refractivity (Wildman–Crippen MR) is 80.8 cm³/mol. The molecule has 1 heterocycles. The van der Waals surface area contributed by atoms with Crippen LogP contribution < -0.4 is 0 Å². The quantitative estimate of drug-likeness (QED) is 0.754. The van der Waals surface area contributed by atoms with Gasteiger partial charge in [-0.05, 0) is 24.8 Å². The Morgan fingerprint density at radius 3 is 2.76 bits per heavy atom. The van der Waals surface area contributed by atoms with Gasteiger partial charge >= 0.3 is 6.09 Å². The Morgan fingerprint density at radius 2 is 2.10 bits per heavy atom. The first-order valence-corrected chi connectivity index (χ1v) is 7.35. The second-order valence-electron chi connectivity index (χ2n) is 5.30. The monoisotopic (exact) mass is 287 g/mol. The van der Waals surface area contributed by atoms with Crippen molar-refractivity contribution in [2.45, 2.75) is 38.6 Å². The van der Waals surface area contributed by atoms with Crippen molar-refractivity contribution in [1.82, 2.24) is 4.90 Å². The smallest absolute Gasteiger partial charge is 0.417 e. The fourth-order valence-corrected chi connectivity index (χ4v) is 2.41. The molecule has 0 radical (unpaired) electrons. The minimum absolute atomic E-state index is 0.245. The molecule has 21 heavy (non-hydrogen) atoms. The molecule has 0 unspecified atom stereocenters. The molecule has 0 N–H and O–H groups in total. The third kappa shape index (κ3) is 3.72. The number of amides is 2. The van der Waals surface area contributed by atoms with Gasteiger partial charge in [0.05, 0.1) is 6.04 Å². The van der Waals surface area contributed by atoms with E-state index >= 15 is 0 Å². The first-order valence-electron chi connectivity index (χ1n) is 7.35. The van der Waals surface area contributed by atoms with E-state index in [1.54, 1.807) is 0 Å². The summed E-state index contributed by atoms with van der Waals surface area (Å²) in [6.07, 6.45) is 2.57. The third-order valence-electron chi connectivity index (χ3n) is 3.63. The average Bonchev–Trinajstić information content (AvgIpc) is 2.85. The standard InChI is InChI=1S/C17H21NO3/c1-3-4-8-13(2)16(19)18-15(12-21-17(18)20)11-14-9-6-5-7-10-14/h5-7,9-10,15H,2-4,8,11-12H2,1H3/t15-/m0/s1. The van der Waals surface area contributed by atoms with Crippen molar-refractivity contribution in [3.63, 3.8) is 0 Å². The van der Waals surface area contributed by atoms with Gasteiger partial charge in [-0.25, -0.2) is 9.69 Å². The Morgan fingerprint density at radius 1 is 1.38 bits per heavy atom. The summed E-state index contributed by atoms with van der Waals surface area (Å²) in [6, 6.07) is 9.55. The zero-order valence-corrected chi connectivity index (χ0v) is 12.4. The summed E-state index contributed by atoms with van der Waals surface area (Å²) in [5, 5.41) is 0. The lowest BCUT2D eigenvalue weighted by Gasteiger charge is -2.20. The van der Waals surface area contributed by atoms with Gasteiger partial charge in [0.25, 0.3) is 5.91 Å². The molecule has 2 rings (SSSR count). The third-order valence-corrected chi connectivity index (χ3v) is 3.63. The molecule has 0 saturated carbocycles. The van der Waals surface area contributed by atoms with Gasteiger partial charge in [0.2, 0.25) is 0 Å². The first kappa shape index (κ1) is 15.3. The Labute approximate surface area is 125 Å². The van der Waals surface area contributed by atoms with E-state index in [-0.39, 0.29) is 18.6 Å². The van der Waals surface area contributed by atoms with Gasteiger partial charge in [0.15, 0.2) is 0 Å². The molecule has 4 nitrogen and oxygen atoms in total. The van der Waals surface area contributed by atoms with Crippen LogP contribution in [0.2, 0.25) is 0 Å². The summed E-state index contributed by atoms with van der Waals surface area (Å²) in [4.78, 5) is 25.5. The Balaban J connectivity index is 2.06. The summed E-state index contributed by atoms with van der Waals surface area (Å²) in [6.45, 7) is 6.12. The number of carbonyl (C=O) groups is 2. The second-order valence-corrected chi connectivity index (χ2v) is 5.30. The van der Waals surface area contributed by atoms with Crippen LogP contribution >= 0.6 is 0 Å². The number of ether oxygens (including phenoxy) is 1. The Bertz CT molecular complexity index is 524. The van der Waals surface area contributed by atoms with Crippen LogP contribution in [0.3, 0.4) is 0 Å². The van der Waals surface area contributed by atoms with Crippen LogP contribution in [0.4, 0.5) is 4.79 Å². The molecular formula is C17H21NO3. The molecule has 1 aromatic carbocycles. The molecule has 0 aliphatic carbocycles. The summed E-state index contributed by atoms with van der Waals surface area (Å²) in [5.41, 5.74) is 1.56. The highest BCUT2D eigenvalue weighted by molar-refractivity contribution is 6.03. The number of hydrogen-bond acceptors (Lipinski definition) is 3. The highest BCUT2D eigenvalue weighted by Crippen LogP contribution is 2.21. The van der Waals surface area contributed by atoms with Crippen LogP contribution in [-0.2, 0) is 16.0 Å². The van der Waals surface area contributed by atoms with Gasteiger partial charge in [-0.3, -0.25) is 4.79 Å². The normalized spacial score (nSPS) is 17.7. The van der Waals surface area contributed by atoms with E-state index in [4.69, 9.17) is 4.74 Å². The van der Waals surface area contributed by atoms with Gasteiger partial charge in [-0.1, -0.05) is 50.3 Å². The van der Waals surface area contributed by atoms with E-state index in [0.717, 1.165) is 18.4 Å². The highest BCUT2D eigenvalue weighted by Gasteiger charge is 2.38. The minimum atomic E-state index is -0.557. The van der Waals surface area contributed by atoms with Crippen LogP contribution in [0.1, 0.15) is 31.7 Å². The molecule has 112 valence electrons. The molecule has 1 aromatic rings. The van der Waals surface area contributed by atoms with Gasteiger partial charge in [0, 0.05) is 5.57 Å². The maximum absolute atomic E-state index is 12.4. The lowest BCUT2D eigenvalue weighted by molar-refractivity contribution is -0.125. The van der Waals surface area contributed by atoms with Crippen LogP contribution in [0, 0.1) is 0 Å². The molecule has 1 saturated heterocycles. The van der Waals surface area contributed by atoms with Gasteiger partial charge in [-0.2, -0.15) is 0 Å². The fourth-order valence-electron chi connectivity index (χ4n) is 2.41. The molecule has 0 aromatic heterocycles. The topological polar surface area (TPSA) is 46.6 Å². The largest absolute Gasteiger partial charge is 0.447 e. The molecule has 0 bridgehead atoms. The zero-order chi connectivity index (χ0) is 15.2. The summed E-state index contributed by atoms with van der Waals surface area (Å²) < 4.78 is 5.05. The summed E-state index contributed by atoms with van der Waals surface area (Å²) >= 11 is 0. The number of benzene rings is 1. The molecule has 1 fully saturated rings. The SMILES string of the molecule is C=C(CCCC)C(=O)N1C(=O)OC[C@@H]1Cc1ccccc1. The lowest BCUT2D eigenvalue weighted by Crippen LogP contribution is -2.40. The summed E-state index contributed by atoms with van der Waals surface area (Å²) in [5.74, 6) is -0.299. The van der Waals surface area contributed by atoms with Crippen LogP contribution in [0.5, 0.6) is 0 Å². The molecule has 1 aliphatic rings. The van der Waals surface area contributed by atoms with Crippen molar-refractivity contribution < 1.29 is 14.3 Å². The molecule has 4 heteroatoms. The van der Waals surface area contributed by atoms with Gasteiger partial charge in [-0.15, -0.1) is 0 Å². The van der Waals surface area contributed by atoms with E-state index in [1.165, 1.54) is 4.90 Å². The van der Waals surface area contributed by atoms with Crippen molar-refractivity contribution >= 4 is 12.0 Å². The van der Waals surface area contributed by atoms with Crippen molar-refractivity contribution in [3.8, 4) is 0 Å². The number of carbonyl (C=O) groups excluding carboxylic acids is 2. The van der Waals surface area contributed by atoms with Gasteiger partial charge < -0.3 is 4.74 Å². The average molecular weight is 287 g/mol. The van der Waals surface area contributed by atoms with Crippen molar-refractivity contribution in [2.75, 3.05) is 6.61 Å². The maximum atomic E-state index is 12.4. The number of hydrogen-bond donors (Lipinski definition) is 0. The van der Waals surface area contributed by atoms with E-state index in [1.807, 2.05) is 30.3 Å². The number of rotatable bonds is 6. The highest BCUT2D eigenvalue weighted by atomic mass is 16.6. The van der Waals surface area contributed by atoms with E-state index < -0.39 is 6.09 Å². The predicted octanol–water partition coefficient (Wildman–Crippen LogP) is 3.32. The first-order chi connectivity index (χ1) is 10.1. The van der Waals surface area contributed by atoms with Gasteiger partial charge in [0.1, 0.15) is 6.61 Å². The van der Waals surface area contributed by atoms with Crippen LogP contribution in [0.25, 0.3) is 0 Å². The summed E-state index contributed by atoms with van der Waals surface area (Å²) in [7, 11) is 0. The number of cyclic esters (lactones) is 1. The van der Waals surface area contributed by atoms with E-state index in [9.17, 15) is 9.59 Å². The molecule has 1 atom stereocenters. The van der Waals surface area contributed by atoms with Crippen LogP contribution in [-0.4, -0.2) is 29.5 Å². The maximum Gasteiger partial charge on any atom is 0.417 e. The molecule has 1 aliphatic heterocycles. The second kappa shape index (κ2) is 7.07. The fraction of sp³-hybridized carbons (Fsp3) is 0.412. The van der Waals surface area contributed by atoms with Crippen molar-refractivity contribution in [2.24, 2.45) is 0 Å². The lowest BCUT2D eigenvalue weighted by atomic mass is 10.0. The number of unbranched alkanes of at least 4 members (excludes halogenated alkanes) is 1. The van der Waals surface area contributed by atoms with E-state index in [0.29, 0.717) is 18.4 Å². The van der Waals surface area contributed by atoms with Crippen LogP contribution in [0.15, 0.2) is 42.5 Å². The van der Waals surface area contributed by atoms with Crippen molar-refractivity contribution in [1.29, 1.82) is 0 Å². The molecule has 0 spiro atoms. The zero-order valence-electron chi connectivity index (χ0n) is 12.4. The number of nitrogens with zero attached hydrogens (tertiary/aromatic N) is 1. The Kier molecular flexibility index (Phi) is 5.14. The Hall–Kier alpha value is -2.10. The van der Waals surface area contributed by atoms with E-state index in [2.05, 4.69) is 13.5 Å². The number of imide groups is 1. The molecular weight excluding hydrogens is 266 g/mol. The van der Waals surface area contributed by atoms with Crippen molar-refractivity contribution in [3.05, 3.63) is 48.0 Å². The molecule has 2 amide bonds.